The highest BCUT2D eigenvalue weighted by molar-refractivity contribution is 7.98. The van der Waals surface area contributed by atoms with Crippen LogP contribution in [0.5, 0.6) is 17.2 Å². The Kier molecular flexibility index (Phi) is 6.17. The van der Waals surface area contributed by atoms with Gasteiger partial charge in [0.25, 0.3) is 5.56 Å². The van der Waals surface area contributed by atoms with Crippen molar-refractivity contribution < 1.29 is 18.6 Å². The number of H-pyrrole nitrogens is 1. The minimum atomic E-state index is -0.130. The van der Waals surface area contributed by atoms with Gasteiger partial charge < -0.3 is 23.6 Å². The van der Waals surface area contributed by atoms with Crippen LogP contribution in [0.1, 0.15) is 22.7 Å². The van der Waals surface area contributed by atoms with Gasteiger partial charge in [-0.25, -0.2) is 9.97 Å². The zero-order valence-electron chi connectivity index (χ0n) is 17.2. The molecule has 0 aliphatic heterocycles. The van der Waals surface area contributed by atoms with Gasteiger partial charge >= 0.3 is 0 Å². The molecule has 0 unspecified atom stereocenters. The fraction of sp³-hybridized carbons (Fsp3) is 0.350. The van der Waals surface area contributed by atoms with Gasteiger partial charge in [-0.15, -0.1) is 0 Å². The molecule has 0 aliphatic rings. The summed E-state index contributed by atoms with van der Waals surface area (Å²) in [7, 11) is 4.67. The van der Waals surface area contributed by atoms with Crippen LogP contribution in [0, 0.1) is 20.8 Å². The summed E-state index contributed by atoms with van der Waals surface area (Å²) in [6, 6.07) is 3.57. The molecule has 29 heavy (non-hydrogen) atoms. The molecule has 1 aromatic carbocycles. The van der Waals surface area contributed by atoms with Gasteiger partial charge in [-0.2, -0.15) is 0 Å². The van der Waals surface area contributed by atoms with E-state index in [0.717, 1.165) is 5.69 Å². The summed E-state index contributed by atoms with van der Waals surface area (Å²) in [5, 5.41) is 0.551. The average Bonchev–Trinajstić information content (AvgIpc) is 3.09. The van der Waals surface area contributed by atoms with Gasteiger partial charge in [0.05, 0.1) is 27.0 Å². The number of aryl methyl sites for hydroxylation is 2. The number of hydrogen-bond donors (Lipinski definition) is 1. The van der Waals surface area contributed by atoms with E-state index in [1.165, 1.54) is 11.8 Å². The number of ether oxygens (including phenoxy) is 3. The summed E-state index contributed by atoms with van der Waals surface area (Å²) in [4.78, 5) is 23.7. The molecular formula is C20H23N3O5S. The molecule has 2 aromatic heterocycles. The molecule has 154 valence electrons. The monoisotopic (exact) mass is 417 g/mol. The largest absolute Gasteiger partial charge is 0.493 e. The van der Waals surface area contributed by atoms with E-state index >= 15 is 0 Å². The lowest BCUT2D eigenvalue weighted by Gasteiger charge is -2.12. The third-order valence-electron chi connectivity index (χ3n) is 4.52. The van der Waals surface area contributed by atoms with E-state index in [2.05, 4.69) is 15.0 Å². The predicted molar refractivity (Wildman–Crippen MR) is 110 cm³/mol. The Labute approximate surface area is 172 Å². The molecule has 0 fully saturated rings. The molecule has 3 rings (SSSR count). The van der Waals surface area contributed by atoms with Crippen LogP contribution in [-0.2, 0) is 5.75 Å². The van der Waals surface area contributed by atoms with Crippen LogP contribution in [0.25, 0.3) is 11.5 Å². The van der Waals surface area contributed by atoms with Gasteiger partial charge in [-0.1, -0.05) is 11.8 Å². The van der Waals surface area contributed by atoms with Gasteiger partial charge in [0.2, 0.25) is 11.6 Å². The Morgan fingerprint density at radius 3 is 2.24 bits per heavy atom. The number of thioether (sulfide) groups is 1. The second kappa shape index (κ2) is 8.60. The molecule has 0 bridgehead atoms. The van der Waals surface area contributed by atoms with Crippen molar-refractivity contribution in [3.8, 4) is 28.7 Å². The summed E-state index contributed by atoms with van der Waals surface area (Å²) in [5.41, 5.74) is 2.68. The average molecular weight is 417 g/mol. The normalized spacial score (nSPS) is 10.8. The molecule has 1 N–H and O–H groups in total. The molecule has 0 aliphatic carbocycles. The first-order valence-corrected chi connectivity index (χ1v) is 9.83. The van der Waals surface area contributed by atoms with Gasteiger partial charge in [-0.05, 0) is 32.9 Å². The molecule has 0 amide bonds. The molecule has 0 saturated carbocycles. The maximum atomic E-state index is 11.9. The number of aromatic nitrogens is 3. The first kappa shape index (κ1) is 20.8. The van der Waals surface area contributed by atoms with E-state index in [1.54, 1.807) is 40.4 Å². The minimum absolute atomic E-state index is 0.130. The minimum Gasteiger partial charge on any atom is -0.493 e. The first-order chi connectivity index (χ1) is 13.9. The first-order valence-electron chi connectivity index (χ1n) is 8.84. The summed E-state index contributed by atoms with van der Waals surface area (Å²) in [6.07, 6.45) is 0. The lowest BCUT2D eigenvalue weighted by atomic mass is 10.2. The maximum absolute atomic E-state index is 11.9. The zero-order valence-corrected chi connectivity index (χ0v) is 18.0. The summed E-state index contributed by atoms with van der Waals surface area (Å²) >= 11 is 1.40. The smallest absolute Gasteiger partial charge is 0.254 e. The van der Waals surface area contributed by atoms with Crippen molar-refractivity contribution in [1.29, 1.82) is 0 Å². The van der Waals surface area contributed by atoms with E-state index in [0.29, 0.717) is 56.6 Å². The molecule has 0 spiro atoms. The molecule has 9 heteroatoms. The van der Waals surface area contributed by atoms with Gasteiger partial charge in [0.15, 0.2) is 16.7 Å². The van der Waals surface area contributed by atoms with Gasteiger partial charge in [-0.3, -0.25) is 4.79 Å². The molecule has 3 aromatic rings. The molecule has 0 radical (unpaired) electrons. The Balaban J connectivity index is 1.88. The number of rotatable bonds is 7. The number of methoxy groups -OCH3 is 3. The fourth-order valence-electron chi connectivity index (χ4n) is 2.71. The predicted octanol–water partition coefficient (Wildman–Crippen LogP) is 3.67. The molecule has 0 atom stereocenters. The van der Waals surface area contributed by atoms with Gasteiger partial charge in [0.1, 0.15) is 5.76 Å². The van der Waals surface area contributed by atoms with Gasteiger partial charge in [0, 0.05) is 22.6 Å². The molecule has 8 nitrogen and oxygen atoms in total. The molecular weight excluding hydrogens is 394 g/mol. The van der Waals surface area contributed by atoms with E-state index in [1.807, 2.05) is 13.8 Å². The summed E-state index contributed by atoms with van der Waals surface area (Å²) in [5.74, 6) is 3.18. The second-order valence-corrected chi connectivity index (χ2v) is 7.27. The standard InChI is InChI=1S/C20H23N3O5S/c1-10-11(2)21-20(23-18(10)24)29-9-14-12(3)28-19(22-14)13-7-15(25-4)17(27-6)16(8-13)26-5/h7-8H,9H2,1-6H3,(H,21,23,24). The van der Waals surface area contributed by atoms with Crippen molar-refractivity contribution in [2.24, 2.45) is 0 Å². The Morgan fingerprint density at radius 2 is 1.69 bits per heavy atom. The third-order valence-corrected chi connectivity index (χ3v) is 5.41. The van der Waals surface area contributed by atoms with Crippen molar-refractivity contribution >= 4 is 11.8 Å². The van der Waals surface area contributed by atoms with Crippen molar-refractivity contribution in [1.82, 2.24) is 15.0 Å². The maximum Gasteiger partial charge on any atom is 0.254 e. The highest BCUT2D eigenvalue weighted by atomic mass is 32.2. The lowest BCUT2D eigenvalue weighted by molar-refractivity contribution is 0.324. The topological polar surface area (TPSA) is 99.5 Å². The van der Waals surface area contributed by atoms with Crippen LogP contribution >= 0.6 is 11.8 Å². The van der Waals surface area contributed by atoms with Crippen molar-refractivity contribution in [2.75, 3.05) is 21.3 Å². The number of oxazole rings is 1. The van der Waals surface area contributed by atoms with E-state index in [9.17, 15) is 4.79 Å². The number of nitrogens with zero attached hydrogens (tertiary/aromatic N) is 2. The van der Waals surface area contributed by atoms with Crippen molar-refractivity contribution in [3.05, 3.63) is 45.2 Å². The Hall–Kier alpha value is -2.94. The van der Waals surface area contributed by atoms with Crippen molar-refractivity contribution in [3.63, 3.8) is 0 Å². The van der Waals surface area contributed by atoms with Crippen LogP contribution in [0.15, 0.2) is 26.5 Å². The third kappa shape index (κ3) is 4.24. The number of benzene rings is 1. The number of nitrogens with one attached hydrogen (secondary N) is 1. The van der Waals surface area contributed by atoms with Crippen LogP contribution in [0.2, 0.25) is 0 Å². The number of aromatic amines is 1. The Bertz CT molecular complexity index is 1070. The van der Waals surface area contributed by atoms with Crippen molar-refractivity contribution in [2.45, 2.75) is 31.7 Å². The van der Waals surface area contributed by atoms with E-state index < -0.39 is 0 Å². The summed E-state index contributed by atoms with van der Waals surface area (Å²) < 4.78 is 22.0. The van der Waals surface area contributed by atoms with E-state index in [4.69, 9.17) is 18.6 Å². The van der Waals surface area contributed by atoms with Crippen LogP contribution in [0.3, 0.4) is 0 Å². The molecule has 0 saturated heterocycles. The van der Waals surface area contributed by atoms with E-state index in [-0.39, 0.29) is 5.56 Å². The zero-order chi connectivity index (χ0) is 21.1. The second-order valence-electron chi connectivity index (χ2n) is 6.31. The van der Waals surface area contributed by atoms with Crippen LogP contribution < -0.4 is 19.8 Å². The van der Waals surface area contributed by atoms with Crippen LogP contribution in [0.4, 0.5) is 0 Å². The highest BCUT2D eigenvalue weighted by Gasteiger charge is 2.18. The quantitative estimate of drug-likeness (QED) is 0.459. The molecule has 2 heterocycles. The fourth-order valence-corrected chi connectivity index (χ4v) is 3.62. The lowest BCUT2D eigenvalue weighted by Crippen LogP contribution is -2.14. The van der Waals surface area contributed by atoms with Crippen LogP contribution in [-0.4, -0.2) is 36.3 Å². The summed E-state index contributed by atoms with van der Waals surface area (Å²) in [6.45, 7) is 5.42. The SMILES string of the molecule is COc1cc(-c2nc(CSc3nc(C)c(C)c(=O)[nH]3)c(C)o2)cc(OC)c1OC. The Morgan fingerprint density at radius 1 is 1.03 bits per heavy atom. The highest BCUT2D eigenvalue weighted by Crippen LogP contribution is 2.41. The number of hydrogen-bond acceptors (Lipinski definition) is 8.